The van der Waals surface area contributed by atoms with Crippen LogP contribution in [-0.4, -0.2) is 12.1 Å². The Balaban J connectivity index is 2.10. The summed E-state index contributed by atoms with van der Waals surface area (Å²) in [6.07, 6.45) is 6.30. The average Bonchev–Trinajstić information content (AvgIpc) is 2.47. The zero-order valence-electron chi connectivity index (χ0n) is 13.1. The van der Waals surface area contributed by atoms with E-state index in [-0.39, 0.29) is 12.1 Å². The van der Waals surface area contributed by atoms with E-state index in [1.54, 1.807) is 0 Å². The summed E-state index contributed by atoms with van der Waals surface area (Å²) in [6, 6.07) is 8.56. The number of hydrogen-bond donors (Lipinski definition) is 1. The van der Waals surface area contributed by atoms with Crippen LogP contribution in [0, 0.1) is 12.8 Å². The maximum atomic E-state index is 6.43. The lowest BCUT2D eigenvalue weighted by Gasteiger charge is -2.33. The van der Waals surface area contributed by atoms with Gasteiger partial charge in [0.1, 0.15) is 0 Å². The Morgan fingerprint density at radius 1 is 1.20 bits per heavy atom. The van der Waals surface area contributed by atoms with Gasteiger partial charge in [0.25, 0.3) is 0 Å². The first-order chi connectivity index (χ1) is 9.61. The van der Waals surface area contributed by atoms with Gasteiger partial charge in [-0.3, -0.25) is 0 Å². The summed E-state index contributed by atoms with van der Waals surface area (Å²) in [7, 11) is 0. The topological polar surface area (TPSA) is 35.2 Å². The van der Waals surface area contributed by atoms with Crippen LogP contribution >= 0.6 is 0 Å². The standard InChI is InChI=1S/C18H29NO/c1-4-17(19)18(16-8-6-5-7-14(16)3)20-15-11-9-13(2)10-12-15/h5-8,13,15,17-18H,4,9-12,19H2,1-3H3. The molecule has 0 radical (unpaired) electrons. The van der Waals surface area contributed by atoms with Crippen LogP contribution in [0.4, 0.5) is 0 Å². The van der Waals surface area contributed by atoms with E-state index in [4.69, 9.17) is 10.5 Å². The molecule has 112 valence electrons. The Labute approximate surface area is 123 Å². The Bertz CT molecular complexity index is 410. The molecule has 1 aliphatic carbocycles. The van der Waals surface area contributed by atoms with Gasteiger partial charge in [-0.05, 0) is 56.1 Å². The first-order valence-electron chi connectivity index (χ1n) is 8.08. The highest BCUT2D eigenvalue weighted by molar-refractivity contribution is 5.28. The molecule has 2 N–H and O–H groups in total. The van der Waals surface area contributed by atoms with Crippen LogP contribution in [0.2, 0.25) is 0 Å². The van der Waals surface area contributed by atoms with E-state index in [1.807, 2.05) is 0 Å². The minimum absolute atomic E-state index is 0.0413. The maximum Gasteiger partial charge on any atom is 0.0981 e. The molecule has 1 saturated carbocycles. The monoisotopic (exact) mass is 275 g/mol. The van der Waals surface area contributed by atoms with Crippen molar-refractivity contribution in [2.75, 3.05) is 0 Å². The van der Waals surface area contributed by atoms with Gasteiger partial charge < -0.3 is 10.5 Å². The summed E-state index contributed by atoms with van der Waals surface area (Å²) in [4.78, 5) is 0. The molecule has 1 fully saturated rings. The van der Waals surface area contributed by atoms with Crippen molar-refractivity contribution in [2.45, 2.75) is 71.1 Å². The highest BCUT2D eigenvalue weighted by Gasteiger charge is 2.27. The molecule has 0 saturated heterocycles. The number of hydrogen-bond acceptors (Lipinski definition) is 2. The molecule has 1 aromatic carbocycles. The first kappa shape index (κ1) is 15.5. The molecule has 1 aliphatic rings. The van der Waals surface area contributed by atoms with E-state index < -0.39 is 0 Å². The molecule has 0 aromatic heterocycles. The van der Waals surface area contributed by atoms with E-state index >= 15 is 0 Å². The molecule has 2 atom stereocenters. The first-order valence-corrected chi connectivity index (χ1v) is 8.08. The molecule has 0 amide bonds. The van der Waals surface area contributed by atoms with Gasteiger partial charge in [-0.25, -0.2) is 0 Å². The Morgan fingerprint density at radius 2 is 1.85 bits per heavy atom. The van der Waals surface area contributed by atoms with Crippen molar-refractivity contribution in [1.82, 2.24) is 0 Å². The quantitative estimate of drug-likeness (QED) is 0.866. The van der Waals surface area contributed by atoms with Gasteiger partial charge in [0.15, 0.2) is 0 Å². The second-order valence-electron chi connectivity index (χ2n) is 6.37. The molecule has 2 rings (SSSR count). The Morgan fingerprint density at radius 3 is 2.45 bits per heavy atom. The van der Waals surface area contributed by atoms with Gasteiger partial charge in [-0.15, -0.1) is 0 Å². The fourth-order valence-electron chi connectivity index (χ4n) is 3.10. The second-order valence-corrected chi connectivity index (χ2v) is 6.37. The van der Waals surface area contributed by atoms with Crippen molar-refractivity contribution in [3.05, 3.63) is 35.4 Å². The fourth-order valence-corrected chi connectivity index (χ4v) is 3.10. The van der Waals surface area contributed by atoms with Gasteiger partial charge in [0.2, 0.25) is 0 Å². The predicted molar refractivity (Wildman–Crippen MR) is 84.7 cm³/mol. The largest absolute Gasteiger partial charge is 0.369 e. The fraction of sp³-hybridized carbons (Fsp3) is 0.667. The zero-order chi connectivity index (χ0) is 14.5. The maximum absolute atomic E-state index is 6.43. The molecule has 1 aromatic rings. The van der Waals surface area contributed by atoms with Gasteiger partial charge >= 0.3 is 0 Å². The lowest BCUT2D eigenvalue weighted by atomic mass is 9.88. The average molecular weight is 275 g/mol. The van der Waals surface area contributed by atoms with Gasteiger partial charge in [0, 0.05) is 6.04 Å². The smallest absolute Gasteiger partial charge is 0.0981 e. The van der Waals surface area contributed by atoms with E-state index in [9.17, 15) is 0 Å². The number of ether oxygens (including phenoxy) is 1. The molecule has 0 bridgehead atoms. The number of rotatable bonds is 5. The van der Waals surface area contributed by atoms with E-state index in [2.05, 4.69) is 45.0 Å². The summed E-state index contributed by atoms with van der Waals surface area (Å²) in [5, 5.41) is 0. The van der Waals surface area contributed by atoms with Crippen LogP contribution in [0.5, 0.6) is 0 Å². The Hall–Kier alpha value is -0.860. The summed E-state index contributed by atoms with van der Waals surface area (Å²) in [6.45, 7) is 6.63. The third kappa shape index (κ3) is 3.83. The molecular formula is C18H29NO. The second kappa shape index (κ2) is 7.24. The molecule has 2 nitrogen and oxygen atoms in total. The van der Waals surface area contributed by atoms with Crippen molar-refractivity contribution in [2.24, 2.45) is 11.7 Å². The summed E-state index contributed by atoms with van der Waals surface area (Å²) in [5.41, 5.74) is 8.88. The van der Waals surface area contributed by atoms with Gasteiger partial charge in [-0.2, -0.15) is 0 Å². The van der Waals surface area contributed by atoms with Crippen molar-refractivity contribution in [3.63, 3.8) is 0 Å². The van der Waals surface area contributed by atoms with Crippen molar-refractivity contribution >= 4 is 0 Å². The van der Waals surface area contributed by atoms with Crippen LogP contribution in [0.15, 0.2) is 24.3 Å². The highest BCUT2D eigenvalue weighted by atomic mass is 16.5. The van der Waals surface area contributed by atoms with Crippen LogP contribution in [0.3, 0.4) is 0 Å². The molecule has 0 heterocycles. The number of benzene rings is 1. The SMILES string of the molecule is CCC(N)C(OC1CCC(C)CC1)c1ccccc1C. The third-order valence-corrected chi connectivity index (χ3v) is 4.66. The molecule has 2 heteroatoms. The summed E-state index contributed by atoms with van der Waals surface area (Å²) in [5.74, 6) is 0.853. The molecule has 2 unspecified atom stereocenters. The molecule has 20 heavy (non-hydrogen) atoms. The van der Waals surface area contributed by atoms with E-state index in [1.165, 1.54) is 36.8 Å². The predicted octanol–water partition coefficient (Wildman–Crippen LogP) is 4.37. The van der Waals surface area contributed by atoms with Crippen molar-refractivity contribution < 1.29 is 4.74 Å². The van der Waals surface area contributed by atoms with Crippen LogP contribution in [0.25, 0.3) is 0 Å². The third-order valence-electron chi connectivity index (χ3n) is 4.66. The number of aryl methyl sites for hydroxylation is 1. The minimum Gasteiger partial charge on any atom is -0.369 e. The normalized spacial score (nSPS) is 26.2. The lowest BCUT2D eigenvalue weighted by molar-refractivity contribution is -0.0490. The zero-order valence-corrected chi connectivity index (χ0v) is 13.1. The van der Waals surface area contributed by atoms with Crippen LogP contribution in [0.1, 0.15) is 63.2 Å². The molecular weight excluding hydrogens is 246 g/mol. The van der Waals surface area contributed by atoms with Gasteiger partial charge in [0.05, 0.1) is 12.2 Å². The number of nitrogens with two attached hydrogens (primary N) is 1. The summed E-state index contributed by atoms with van der Waals surface area (Å²) >= 11 is 0. The van der Waals surface area contributed by atoms with Crippen molar-refractivity contribution in [3.8, 4) is 0 Å². The highest BCUT2D eigenvalue weighted by Crippen LogP contribution is 2.32. The van der Waals surface area contributed by atoms with E-state index in [0.717, 1.165) is 12.3 Å². The Kier molecular flexibility index (Phi) is 5.62. The lowest BCUT2D eigenvalue weighted by Crippen LogP contribution is -2.34. The molecule has 0 aliphatic heterocycles. The minimum atomic E-state index is 0.0413. The molecule has 0 spiro atoms. The van der Waals surface area contributed by atoms with Crippen LogP contribution in [-0.2, 0) is 4.74 Å². The van der Waals surface area contributed by atoms with E-state index in [0.29, 0.717) is 6.10 Å². The van der Waals surface area contributed by atoms with Crippen LogP contribution < -0.4 is 5.73 Å². The van der Waals surface area contributed by atoms with Gasteiger partial charge in [-0.1, -0.05) is 38.1 Å². The summed E-state index contributed by atoms with van der Waals surface area (Å²) < 4.78 is 6.43. The van der Waals surface area contributed by atoms with Crippen molar-refractivity contribution in [1.29, 1.82) is 0 Å².